The van der Waals surface area contributed by atoms with Crippen LogP contribution in [0.2, 0.25) is 0 Å². The fourth-order valence-electron chi connectivity index (χ4n) is 3.81. The van der Waals surface area contributed by atoms with Crippen molar-refractivity contribution < 1.29 is 4.79 Å². The summed E-state index contributed by atoms with van der Waals surface area (Å²) in [5.74, 6) is -0.216. The van der Waals surface area contributed by atoms with Crippen molar-refractivity contribution >= 4 is 33.4 Å². The molecule has 0 spiro atoms. The molecular formula is C22H21N5OS. The van der Waals surface area contributed by atoms with Crippen LogP contribution in [0.25, 0.3) is 22.3 Å². The predicted molar refractivity (Wildman–Crippen MR) is 115 cm³/mol. The summed E-state index contributed by atoms with van der Waals surface area (Å²) in [4.78, 5) is 21.7. The van der Waals surface area contributed by atoms with Crippen LogP contribution in [0.4, 0.5) is 5.13 Å². The van der Waals surface area contributed by atoms with E-state index in [0.29, 0.717) is 10.7 Å². The number of nitrogens with zero attached hydrogens (tertiary/aromatic N) is 4. The minimum atomic E-state index is -0.216. The van der Waals surface area contributed by atoms with E-state index in [0.717, 1.165) is 28.7 Å². The number of pyridine rings is 1. The van der Waals surface area contributed by atoms with E-state index in [1.807, 2.05) is 16.1 Å². The van der Waals surface area contributed by atoms with E-state index in [4.69, 9.17) is 0 Å². The molecule has 1 N–H and O–H groups in total. The molecule has 0 unspecified atom stereocenters. The van der Waals surface area contributed by atoms with Gasteiger partial charge in [0.25, 0.3) is 5.91 Å². The van der Waals surface area contributed by atoms with Crippen LogP contribution in [-0.2, 0) is 12.8 Å². The molecule has 1 aromatic carbocycles. The van der Waals surface area contributed by atoms with E-state index in [1.54, 1.807) is 12.4 Å². The monoisotopic (exact) mass is 403 g/mol. The SMILES string of the molecule is CC(C)n1ncc2cc(C(=O)Nc3nc(-c4ccc5c(c4)CCC5)cs3)cnc21. The maximum atomic E-state index is 12.7. The number of anilines is 1. The molecule has 0 aliphatic heterocycles. The highest BCUT2D eigenvalue weighted by Crippen LogP contribution is 2.30. The molecule has 5 rings (SSSR count). The van der Waals surface area contributed by atoms with Crippen molar-refractivity contribution in [1.29, 1.82) is 0 Å². The maximum Gasteiger partial charge on any atom is 0.259 e. The molecule has 4 aromatic rings. The smallest absolute Gasteiger partial charge is 0.259 e. The van der Waals surface area contributed by atoms with Gasteiger partial charge in [0.1, 0.15) is 0 Å². The molecule has 0 fully saturated rings. The number of benzene rings is 1. The molecule has 3 aromatic heterocycles. The molecule has 7 heteroatoms. The Kier molecular flexibility index (Phi) is 4.39. The van der Waals surface area contributed by atoms with Crippen molar-refractivity contribution in [2.24, 2.45) is 0 Å². The summed E-state index contributed by atoms with van der Waals surface area (Å²) >= 11 is 1.43. The Bertz CT molecular complexity index is 1220. The molecule has 0 saturated carbocycles. The number of hydrogen-bond acceptors (Lipinski definition) is 5. The van der Waals surface area contributed by atoms with E-state index >= 15 is 0 Å². The van der Waals surface area contributed by atoms with Crippen LogP contribution in [-0.4, -0.2) is 25.7 Å². The number of thiazole rings is 1. The lowest BCUT2D eigenvalue weighted by atomic mass is 10.1. The van der Waals surface area contributed by atoms with Gasteiger partial charge < -0.3 is 0 Å². The number of carbonyl (C=O) groups excluding carboxylic acids is 1. The molecule has 0 bridgehead atoms. The van der Waals surface area contributed by atoms with Gasteiger partial charge in [-0.3, -0.25) is 10.1 Å². The van der Waals surface area contributed by atoms with Gasteiger partial charge in [-0.1, -0.05) is 12.1 Å². The first-order chi connectivity index (χ1) is 14.1. The van der Waals surface area contributed by atoms with Crippen molar-refractivity contribution in [2.45, 2.75) is 39.2 Å². The number of nitrogens with one attached hydrogen (secondary N) is 1. The van der Waals surface area contributed by atoms with Gasteiger partial charge in [0, 0.05) is 28.6 Å². The number of fused-ring (bicyclic) bond motifs is 2. The molecule has 1 aliphatic carbocycles. The first kappa shape index (κ1) is 18.0. The number of hydrogen-bond donors (Lipinski definition) is 1. The van der Waals surface area contributed by atoms with Crippen LogP contribution in [0.5, 0.6) is 0 Å². The Morgan fingerprint density at radius 3 is 2.90 bits per heavy atom. The van der Waals surface area contributed by atoms with Crippen LogP contribution in [0.15, 0.2) is 42.0 Å². The summed E-state index contributed by atoms with van der Waals surface area (Å²) in [5.41, 5.74) is 6.14. The van der Waals surface area contributed by atoms with Crippen molar-refractivity contribution in [1.82, 2.24) is 19.7 Å². The Labute approximate surface area is 172 Å². The molecule has 6 nitrogen and oxygen atoms in total. The minimum absolute atomic E-state index is 0.215. The lowest BCUT2D eigenvalue weighted by Crippen LogP contribution is -2.12. The number of rotatable bonds is 4. The highest BCUT2D eigenvalue weighted by atomic mass is 32.1. The Morgan fingerprint density at radius 1 is 1.17 bits per heavy atom. The number of carbonyl (C=O) groups is 1. The first-order valence-corrected chi connectivity index (χ1v) is 10.7. The zero-order valence-electron chi connectivity index (χ0n) is 16.3. The molecule has 0 atom stereocenters. The average molecular weight is 404 g/mol. The van der Waals surface area contributed by atoms with Gasteiger partial charge in [-0.2, -0.15) is 5.10 Å². The van der Waals surface area contributed by atoms with E-state index in [-0.39, 0.29) is 11.9 Å². The van der Waals surface area contributed by atoms with E-state index in [9.17, 15) is 4.79 Å². The predicted octanol–water partition coefficient (Wildman–Crippen LogP) is 4.88. The number of amides is 1. The second-order valence-corrected chi connectivity index (χ2v) is 8.51. The van der Waals surface area contributed by atoms with Crippen molar-refractivity contribution in [3.63, 3.8) is 0 Å². The second kappa shape index (κ2) is 7.08. The highest BCUT2D eigenvalue weighted by molar-refractivity contribution is 7.14. The van der Waals surface area contributed by atoms with Gasteiger partial charge >= 0.3 is 0 Å². The minimum Gasteiger partial charge on any atom is -0.298 e. The van der Waals surface area contributed by atoms with E-state index < -0.39 is 0 Å². The fraction of sp³-hybridized carbons (Fsp3) is 0.273. The van der Waals surface area contributed by atoms with Crippen LogP contribution in [0.3, 0.4) is 0 Å². The van der Waals surface area contributed by atoms with Crippen molar-refractivity contribution in [2.75, 3.05) is 5.32 Å². The van der Waals surface area contributed by atoms with Crippen LogP contribution >= 0.6 is 11.3 Å². The summed E-state index contributed by atoms with van der Waals surface area (Å²) in [6, 6.07) is 8.58. The van der Waals surface area contributed by atoms with E-state index in [2.05, 4.69) is 52.4 Å². The standard InChI is InChI=1S/C22H21N5OS/c1-13(2)27-20-17(11-24-27)9-18(10-23-20)21(28)26-22-25-19(12-29-22)16-7-6-14-4-3-5-15(14)8-16/h6-13H,3-5H2,1-2H3,(H,25,26,28). The third kappa shape index (κ3) is 3.31. The summed E-state index contributed by atoms with van der Waals surface area (Å²) < 4.78 is 1.85. The third-order valence-corrected chi connectivity index (χ3v) is 6.06. The molecular weight excluding hydrogens is 382 g/mol. The summed E-state index contributed by atoms with van der Waals surface area (Å²) in [7, 11) is 0. The summed E-state index contributed by atoms with van der Waals surface area (Å²) in [5, 5.41) is 10.7. The van der Waals surface area contributed by atoms with Gasteiger partial charge in [-0.25, -0.2) is 14.6 Å². The molecule has 0 saturated heterocycles. The fourth-order valence-corrected chi connectivity index (χ4v) is 4.52. The third-order valence-electron chi connectivity index (χ3n) is 5.30. The zero-order chi connectivity index (χ0) is 20.0. The van der Waals surface area contributed by atoms with Crippen LogP contribution in [0.1, 0.15) is 47.8 Å². The molecule has 29 heavy (non-hydrogen) atoms. The molecule has 146 valence electrons. The molecule has 1 amide bonds. The van der Waals surface area contributed by atoms with Crippen LogP contribution in [0, 0.1) is 0 Å². The van der Waals surface area contributed by atoms with E-state index in [1.165, 1.54) is 35.3 Å². The van der Waals surface area contributed by atoms with Gasteiger partial charge in [0.05, 0.1) is 17.5 Å². The summed E-state index contributed by atoms with van der Waals surface area (Å²) in [6.45, 7) is 4.10. The van der Waals surface area contributed by atoms with Crippen LogP contribution < -0.4 is 5.32 Å². The van der Waals surface area contributed by atoms with Gasteiger partial charge in [-0.15, -0.1) is 11.3 Å². The van der Waals surface area contributed by atoms with Gasteiger partial charge in [-0.05, 0) is 56.4 Å². The molecule has 0 radical (unpaired) electrons. The van der Waals surface area contributed by atoms with Crippen molar-refractivity contribution in [3.8, 4) is 11.3 Å². The second-order valence-electron chi connectivity index (χ2n) is 7.65. The number of aryl methyl sites for hydroxylation is 2. The quantitative estimate of drug-likeness (QED) is 0.527. The highest BCUT2D eigenvalue weighted by Gasteiger charge is 2.15. The summed E-state index contributed by atoms with van der Waals surface area (Å²) in [6.07, 6.45) is 6.87. The molecule has 1 aliphatic rings. The van der Waals surface area contributed by atoms with Gasteiger partial charge in [0.15, 0.2) is 10.8 Å². The Hall–Kier alpha value is -3.06. The zero-order valence-corrected chi connectivity index (χ0v) is 17.2. The lowest BCUT2D eigenvalue weighted by Gasteiger charge is -2.06. The topological polar surface area (TPSA) is 72.7 Å². The Morgan fingerprint density at radius 2 is 2.03 bits per heavy atom. The number of aromatic nitrogens is 4. The lowest BCUT2D eigenvalue weighted by molar-refractivity contribution is 0.102. The van der Waals surface area contributed by atoms with Gasteiger partial charge in [0.2, 0.25) is 0 Å². The van der Waals surface area contributed by atoms with Crippen molar-refractivity contribution in [3.05, 3.63) is 58.7 Å². The normalized spacial score (nSPS) is 13.2. The molecule has 3 heterocycles. The Balaban J connectivity index is 1.35. The maximum absolute atomic E-state index is 12.7. The largest absolute Gasteiger partial charge is 0.298 e. The average Bonchev–Trinajstić information content (AvgIpc) is 3.45. The first-order valence-electron chi connectivity index (χ1n) is 9.81.